The highest BCUT2D eigenvalue weighted by atomic mass is 15.2. The SMILES string of the molecule is C#CC(NCCC)C(C)(CC)N1CCCCC1. The van der Waals surface area contributed by atoms with Crippen molar-refractivity contribution in [3.05, 3.63) is 0 Å². The van der Waals surface area contributed by atoms with Gasteiger partial charge in [0.1, 0.15) is 0 Å². The largest absolute Gasteiger partial charge is 0.302 e. The number of hydrogen-bond acceptors (Lipinski definition) is 2. The fourth-order valence-electron chi connectivity index (χ4n) is 2.76. The van der Waals surface area contributed by atoms with Crippen LogP contribution < -0.4 is 5.32 Å². The standard InChI is InChI=1S/C15H28N2/c1-5-11-16-14(6-2)15(4,7-3)17-12-9-8-10-13-17/h2,14,16H,5,7-13H2,1,3-4H3. The average molecular weight is 236 g/mol. The minimum Gasteiger partial charge on any atom is -0.302 e. The molecule has 0 aliphatic carbocycles. The van der Waals surface area contributed by atoms with Crippen molar-refractivity contribution < 1.29 is 0 Å². The van der Waals surface area contributed by atoms with Crippen LogP contribution in [0, 0.1) is 12.3 Å². The molecule has 1 saturated heterocycles. The summed E-state index contributed by atoms with van der Waals surface area (Å²) in [6, 6.07) is 0.172. The van der Waals surface area contributed by atoms with E-state index in [1.165, 1.54) is 32.4 Å². The third-order valence-corrected chi connectivity index (χ3v) is 4.18. The Morgan fingerprint density at radius 3 is 2.41 bits per heavy atom. The Labute approximate surface area is 107 Å². The zero-order valence-electron chi connectivity index (χ0n) is 11.8. The molecule has 2 heteroatoms. The maximum atomic E-state index is 5.74. The first-order chi connectivity index (χ1) is 8.19. The highest BCUT2D eigenvalue weighted by molar-refractivity contribution is 5.12. The molecule has 0 bridgehead atoms. The van der Waals surface area contributed by atoms with Crippen molar-refractivity contribution in [2.45, 2.75) is 64.5 Å². The monoisotopic (exact) mass is 236 g/mol. The van der Waals surface area contributed by atoms with Crippen LogP contribution in [-0.4, -0.2) is 36.1 Å². The second-order valence-corrected chi connectivity index (χ2v) is 5.31. The van der Waals surface area contributed by atoms with Crippen LogP contribution in [0.25, 0.3) is 0 Å². The molecule has 0 aromatic heterocycles. The lowest BCUT2D eigenvalue weighted by molar-refractivity contribution is 0.0590. The Bertz CT molecular complexity index is 250. The Kier molecular flexibility index (Phi) is 6.02. The van der Waals surface area contributed by atoms with Crippen molar-refractivity contribution in [2.75, 3.05) is 19.6 Å². The van der Waals surface area contributed by atoms with Crippen LogP contribution in [0.2, 0.25) is 0 Å². The fourth-order valence-corrected chi connectivity index (χ4v) is 2.76. The Hall–Kier alpha value is -0.520. The van der Waals surface area contributed by atoms with Crippen molar-refractivity contribution in [1.82, 2.24) is 10.2 Å². The molecule has 2 unspecified atom stereocenters. The van der Waals surface area contributed by atoms with E-state index in [9.17, 15) is 0 Å². The number of rotatable bonds is 6. The number of nitrogens with one attached hydrogen (secondary N) is 1. The highest BCUT2D eigenvalue weighted by Crippen LogP contribution is 2.27. The molecule has 1 rings (SSSR count). The van der Waals surface area contributed by atoms with Gasteiger partial charge in [-0.3, -0.25) is 4.90 Å². The molecule has 2 nitrogen and oxygen atoms in total. The predicted octanol–water partition coefficient (Wildman–Crippen LogP) is 2.64. The molecular weight excluding hydrogens is 208 g/mol. The van der Waals surface area contributed by atoms with Crippen molar-refractivity contribution in [1.29, 1.82) is 0 Å². The normalized spacial score (nSPS) is 22.7. The molecule has 0 aromatic carbocycles. The smallest absolute Gasteiger partial charge is 0.0870 e. The topological polar surface area (TPSA) is 15.3 Å². The summed E-state index contributed by atoms with van der Waals surface area (Å²) >= 11 is 0. The van der Waals surface area contributed by atoms with E-state index < -0.39 is 0 Å². The summed E-state index contributed by atoms with van der Waals surface area (Å²) in [5, 5.41) is 3.53. The van der Waals surface area contributed by atoms with Gasteiger partial charge in [-0.05, 0) is 52.2 Å². The zero-order valence-corrected chi connectivity index (χ0v) is 11.8. The molecule has 1 N–H and O–H groups in total. The van der Waals surface area contributed by atoms with E-state index >= 15 is 0 Å². The fraction of sp³-hybridized carbons (Fsp3) is 0.867. The number of likely N-dealkylation sites (tertiary alicyclic amines) is 1. The summed E-state index contributed by atoms with van der Waals surface area (Å²) in [7, 11) is 0. The van der Waals surface area contributed by atoms with Gasteiger partial charge in [-0.1, -0.05) is 26.2 Å². The zero-order chi connectivity index (χ0) is 12.7. The molecule has 17 heavy (non-hydrogen) atoms. The Balaban J connectivity index is 2.72. The number of piperidine rings is 1. The molecule has 0 spiro atoms. The number of nitrogens with zero attached hydrogens (tertiary/aromatic N) is 1. The van der Waals surface area contributed by atoms with E-state index in [0.29, 0.717) is 0 Å². The first-order valence-corrected chi connectivity index (χ1v) is 7.13. The first kappa shape index (κ1) is 14.5. The van der Waals surface area contributed by atoms with Gasteiger partial charge < -0.3 is 5.32 Å². The first-order valence-electron chi connectivity index (χ1n) is 7.13. The molecule has 0 saturated carbocycles. The molecule has 0 aromatic rings. The van der Waals surface area contributed by atoms with Crippen molar-refractivity contribution in [2.24, 2.45) is 0 Å². The quantitative estimate of drug-likeness (QED) is 0.713. The molecule has 1 heterocycles. The molecular formula is C15H28N2. The third kappa shape index (κ3) is 3.47. The van der Waals surface area contributed by atoms with Gasteiger partial charge in [0.25, 0.3) is 0 Å². The lowest BCUT2D eigenvalue weighted by Crippen LogP contribution is -2.60. The molecule has 1 aliphatic rings. The summed E-state index contributed by atoms with van der Waals surface area (Å²) in [6.45, 7) is 10.2. The molecule has 0 radical (unpaired) electrons. The summed E-state index contributed by atoms with van der Waals surface area (Å²) in [6.07, 6.45) is 12.0. The Morgan fingerprint density at radius 2 is 1.94 bits per heavy atom. The maximum Gasteiger partial charge on any atom is 0.0870 e. The second-order valence-electron chi connectivity index (χ2n) is 5.31. The minimum atomic E-state index is 0.115. The van der Waals surface area contributed by atoms with Crippen LogP contribution in [0.15, 0.2) is 0 Å². The Morgan fingerprint density at radius 1 is 1.29 bits per heavy atom. The van der Waals surface area contributed by atoms with Crippen molar-refractivity contribution in [3.63, 3.8) is 0 Å². The number of terminal acetylenes is 1. The van der Waals surface area contributed by atoms with Gasteiger partial charge in [0.05, 0.1) is 6.04 Å². The van der Waals surface area contributed by atoms with Crippen LogP contribution in [0.3, 0.4) is 0 Å². The van der Waals surface area contributed by atoms with Gasteiger partial charge in [0.2, 0.25) is 0 Å². The van der Waals surface area contributed by atoms with Gasteiger partial charge in [-0.25, -0.2) is 0 Å². The summed E-state index contributed by atoms with van der Waals surface area (Å²) in [5.74, 6) is 2.97. The van der Waals surface area contributed by atoms with E-state index in [0.717, 1.165) is 19.4 Å². The van der Waals surface area contributed by atoms with Crippen molar-refractivity contribution in [3.8, 4) is 12.3 Å². The van der Waals surface area contributed by atoms with E-state index in [4.69, 9.17) is 6.42 Å². The van der Waals surface area contributed by atoms with Gasteiger partial charge in [-0.15, -0.1) is 6.42 Å². The summed E-state index contributed by atoms with van der Waals surface area (Å²) < 4.78 is 0. The van der Waals surface area contributed by atoms with Gasteiger partial charge in [-0.2, -0.15) is 0 Å². The van der Waals surface area contributed by atoms with E-state index in [1.807, 2.05) is 0 Å². The van der Waals surface area contributed by atoms with Crippen LogP contribution in [0.1, 0.15) is 52.9 Å². The number of hydrogen-bond donors (Lipinski definition) is 1. The van der Waals surface area contributed by atoms with Crippen LogP contribution in [0.5, 0.6) is 0 Å². The molecule has 1 aliphatic heterocycles. The van der Waals surface area contributed by atoms with E-state index in [-0.39, 0.29) is 11.6 Å². The summed E-state index contributed by atoms with van der Waals surface area (Å²) in [4.78, 5) is 2.60. The maximum absolute atomic E-state index is 5.74. The van der Waals surface area contributed by atoms with Gasteiger partial charge in [0.15, 0.2) is 0 Å². The van der Waals surface area contributed by atoms with Gasteiger partial charge >= 0.3 is 0 Å². The predicted molar refractivity (Wildman–Crippen MR) is 75.0 cm³/mol. The average Bonchev–Trinajstić information content (AvgIpc) is 2.40. The lowest BCUT2D eigenvalue weighted by Gasteiger charge is -2.46. The third-order valence-electron chi connectivity index (χ3n) is 4.18. The second kappa shape index (κ2) is 7.03. The van der Waals surface area contributed by atoms with Crippen LogP contribution in [0.4, 0.5) is 0 Å². The van der Waals surface area contributed by atoms with Crippen LogP contribution in [-0.2, 0) is 0 Å². The summed E-state index contributed by atoms with van der Waals surface area (Å²) in [5.41, 5.74) is 0.115. The molecule has 2 atom stereocenters. The van der Waals surface area contributed by atoms with Crippen LogP contribution >= 0.6 is 0 Å². The van der Waals surface area contributed by atoms with E-state index in [1.54, 1.807) is 0 Å². The van der Waals surface area contributed by atoms with Gasteiger partial charge in [0, 0.05) is 5.54 Å². The van der Waals surface area contributed by atoms with Crippen molar-refractivity contribution >= 4 is 0 Å². The van der Waals surface area contributed by atoms with E-state index in [2.05, 4.69) is 36.9 Å². The highest BCUT2D eigenvalue weighted by Gasteiger charge is 2.37. The molecule has 0 amide bonds. The molecule has 98 valence electrons. The minimum absolute atomic E-state index is 0.115. The molecule has 1 fully saturated rings. The lowest BCUT2D eigenvalue weighted by atomic mass is 9.86.